The van der Waals surface area contributed by atoms with Gasteiger partial charge in [-0.2, -0.15) is 0 Å². The van der Waals surface area contributed by atoms with Gasteiger partial charge in [0.15, 0.2) is 0 Å². The Morgan fingerprint density at radius 3 is 2.50 bits per heavy atom. The monoisotopic (exact) mass is 218 g/mol. The molecule has 4 aliphatic carbocycles. The molecule has 0 N–H and O–H groups in total. The molecule has 5 aliphatic rings. The summed E-state index contributed by atoms with van der Waals surface area (Å²) in [4.78, 5) is 11.5. The molecular formula is C14H18O2. The van der Waals surface area contributed by atoms with Gasteiger partial charge in [-0.15, -0.1) is 0 Å². The lowest BCUT2D eigenvalue weighted by molar-refractivity contribution is -0.144. The molecule has 0 aromatic carbocycles. The molecule has 5 fully saturated rings. The van der Waals surface area contributed by atoms with Crippen LogP contribution < -0.4 is 0 Å². The number of rotatable bonds is 0. The second-order valence-corrected chi connectivity index (χ2v) is 6.87. The number of carbonyl (C=O) groups excluding carboxylic acids is 1. The van der Waals surface area contributed by atoms with Gasteiger partial charge in [0, 0.05) is 5.92 Å². The van der Waals surface area contributed by atoms with E-state index in [1.165, 1.54) is 25.7 Å². The van der Waals surface area contributed by atoms with Crippen molar-refractivity contribution in [1.82, 2.24) is 0 Å². The van der Waals surface area contributed by atoms with Crippen molar-refractivity contribution in [3.8, 4) is 0 Å². The molecular weight excluding hydrogens is 200 g/mol. The maximum Gasteiger partial charge on any atom is 0.306 e. The summed E-state index contributed by atoms with van der Waals surface area (Å²) >= 11 is 0. The van der Waals surface area contributed by atoms with Crippen LogP contribution in [0.2, 0.25) is 0 Å². The molecule has 1 heterocycles. The third-order valence-electron chi connectivity index (χ3n) is 6.64. The fourth-order valence-electron chi connectivity index (χ4n) is 6.49. The van der Waals surface area contributed by atoms with E-state index in [-0.39, 0.29) is 5.97 Å². The van der Waals surface area contributed by atoms with Crippen LogP contribution in [0.5, 0.6) is 0 Å². The van der Waals surface area contributed by atoms with Gasteiger partial charge in [0.25, 0.3) is 0 Å². The lowest BCUT2D eigenvalue weighted by atomic mass is 9.66. The van der Waals surface area contributed by atoms with E-state index in [4.69, 9.17) is 4.74 Å². The summed E-state index contributed by atoms with van der Waals surface area (Å²) < 4.78 is 5.60. The summed E-state index contributed by atoms with van der Waals surface area (Å²) in [6, 6.07) is 0. The molecule has 2 nitrogen and oxygen atoms in total. The molecule has 8 unspecified atom stereocenters. The van der Waals surface area contributed by atoms with E-state index >= 15 is 0 Å². The maximum atomic E-state index is 11.5. The van der Waals surface area contributed by atoms with Crippen molar-refractivity contribution in [2.75, 3.05) is 0 Å². The number of esters is 1. The fraction of sp³-hybridized carbons (Fsp3) is 0.929. The van der Waals surface area contributed by atoms with Gasteiger partial charge in [-0.3, -0.25) is 4.79 Å². The van der Waals surface area contributed by atoms with Crippen molar-refractivity contribution in [2.45, 2.75) is 38.2 Å². The molecule has 16 heavy (non-hydrogen) atoms. The lowest BCUT2D eigenvalue weighted by Crippen LogP contribution is -2.39. The fourth-order valence-corrected chi connectivity index (χ4v) is 6.49. The van der Waals surface area contributed by atoms with Crippen LogP contribution in [0.4, 0.5) is 0 Å². The van der Waals surface area contributed by atoms with Crippen molar-refractivity contribution in [1.29, 1.82) is 0 Å². The summed E-state index contributed by atoms with van der Waals surface area (Å²) in [5.74, 6) is 6.33. The highest BCUT2D eigenvalue weighted by atomic mass is 16.6. The van der Waals surface area contributed by atoms with Crippen LogP contribution in [0.3, 0.4) is 0 Å². The van der Waals surface area contributed by atoms with E-state index in [0.717, 1.165) is 41.9 Å². The van der Waals surface area contributed by atoms with Crippen LogP contribution in [-0.4, -0.2) is 12.1 Å². The average Bonchev–Trinajstić information content (AvgIpc) is 2.98. The van der Waals surface area contributed by atoms with E-state index in [1.54, 1.807) is 0 Å². The van der Waals surface area contributed by atoms with E-state index in [0.29, 0.717) is 12.0 Å². The molecule has 1 saturated heterocycles. The Morgan fingerprint density at radius 1 is 0.938 bits per heavy atom. The highest BCUT2D eigenvalue weighted by molar-refractivity contribution is 5.72. The second kappa shape index (κ2) is 2.49. The van der Waals surface area contributed by atoms with Crippen molar-refractivity contribution < 1.29 is 9.53 Å². The third-order valence-corrected chi connectivity index (χ3v) is 6.64. The Bertz CT molecular complexity index is 345. The summed E-state index contributed by atoms with van der Waals surface area (Å²) in [6.45, 7) is 0. The highest BCUT2D eigenvalue weighted by Gasteiger charge is 2.68. The Labute approximate surface area is 95.7 Å². The first-order chi connectivity index (χ1) is 7.83. The van der Waals surface area contributed by atoms with Crippen molar-refractivity contribution in [2.24, 2.45) is 41.4 Å². The summed E-state index contributed by atoms with van der Waals surface area (Å²) in [5.41, 5.74) is 0. The summed E-state index contributed by atoms with van der Waals surface area (Å²) in [6.07, 6.45) is 6.95. The average molecular weight is 218 g/mol. The minimum absolute atomic E-state index is 0.0945. The van der Waals surface area contributed by atoms with Gasteiger partial charge in [0.1, 0.15) is 6.10 Å². The normalized spacial score (nSPS) is 64.9. The third kappa shape index (κ3) is 0.761. The van der Waals surface area contributed by atoms with E-state index in [9.17, 15) is 4.79 Å². The molecule has 5 rings (SSSR count). The van der Waals surface area contributed by atoms with Crippen LogP contribution in [0.15, 0.2) is 0 Å². The smallest absolute Gasteiger partial charge is 0.306 e. The molecule has 1 aliphatic heterocycles. The number of ether oxygens (including phenoxy) is 1. The van der Waals surface area contributed by atoms with Crippen LogP contribution in [0, 0.1) is 41.4 Å². The first-order valence-electron chi connectivity index (χ1n) is 7.02. The lowest BCUT2D eigenvalue weighted by Gasteiger charge is -2.39. The van der Waals surface area contributed by atoms with Gasteiger partial charge < -0.3 is 4.74 Å². The number of carbonyl (C=O) groups is 1. The largest absolute Gasteiger partial charge is 0.462 e. The van der Waals surface area contributed by atoms with Crippen molar-refractivity contribution >= 4 is 5.97 Å². The van der Waals surface area contributed by atoms with Gasteiger partial charge in [-0.05, 0) is 61.2 Å². The molecule has 0 aromatic rings. The Balaban J connectivity index is 1.57. The Hall–Kier alpha value is -0.530. The summed E-state index contributed by atoms with van der Waals surface area (Å²) in [5, 5.41) is 0. The minimum atomic E-state index is 0.0945. The first kappa shape index (κ1) is 8.54. The molecule has 2 heteroatoms. The molecule has 0 aromatic heterocycles. The standard InChI is InChI=1S/C14H18O2/c15-11-5-9-8-4-10(14(9)16-11)13-7-2-1-6(3-7)12(8)13/h6-10,12-14H,1-5H2. The summed E-state index contributed by atoms with van der Waals surface area (Å²) in [7, 11) is 0. The SMILES string of the molecule is O=C1CC2C3CC(C2O1)C1C2CCC(C2)C31. The van der Waals surface area contributed by atoms with E-state index in [1.807, 2.05) is 0 Å². The van der Waals surface area contributed by atoms with Crippen LogP contribution in [-0.2, 0) is 9.53 Å². The Morgan fingerprint density at radius 2 is 1.69 bits per heavy atom. The van der Waals surface area contributed by atoms with Gasteiger partial charge in [-0.1, -0.05) is 0 Å². The van der Waals surface area contributed by atoms with Crippen LogP contribution in [0.1, 0.15) is 32.1 Å². The van der Waals surface area contributed by atoms with Gasteiger partial charge in [0.05, 0.1) is 6.42 Å². The quantitative estimate of drug-likeness (QED) is 0.460. The zero-order valence-electron chi connectivity index (χ0n) is 9.47. The number of fused-ring (bicyclic) bond motifs is 12. The molecule has 4 saturated carbocycles. The molecule has 8 atom stereocenters. The predicted molar refractivity (Wildman–Crippen MR) is 57.4 cm³/mol. The van der Waals surface area contributed by atoms with Crippen molar-refractivity contribution in [3.63, 3.8) is 0 Å². The molecule has 0 amide bonds. The molecule has 86 valence electrons. The zero-order chi connectivity index (χ0) is 10.4. The van der Waals surface area contributed by atoms with Crippen LogP contribution >= 0.6 is 0 Å². The number of hydrogen-bond acceptors (Lipinski definition) is 2. The second-order valence-electron chi connectivity index (χ2n) is 6.87. The van der Waals surface area contributed by atoms with Gasteiger partial charge in [-0.25, -0.2) is 0 Å². The maximum absolute atomic E-state index is 11.5. The van der Waals surface area contributed by atoms with Gasteiger partial charge >= 0.3 is 5.97 Å². The van der Waals surface area contributed by atoms with Crippen LogP contribution in [0.25, 0.3) is 0 Å². The number of hydrogen-bond donors (Lipinski definition) is 0. The Kier molecular flexibility index (Phi) is 1.33. The minimum Gasteiger partial charge on any atom is -0.462 e. The molecule has 0 spiro atoms. The van der Waals surface area contributed by atoms with Crippen molar-refractivity contribution in [3.05, 3.63) is 0 Å². The topological polar surface area (TPSA) is 26.3 Å². The zero-order valence-corrected chi connectivity index (χ0v) is 9.47. The molecule has 4 bridgehead atoms. The highest BCUT2D eigenvalue weighted by Crippen LogP contribution is 2.70. The predicted octanol–water partition coefficient (Wildman–Crippen LogP) is 2.23. The van der Waals surface area contributed by atoms with Gasteiger partial charge in [0.2, 0.25) is 0 Å². The first-order valence-corrected chi connectivity index (χ1v) is 7.02. The molecule has 0 radical (unpaired) electrons. The van der Waals surface area contributed by atoms with E-state index in [2.05, 4.69) is 0 Å². The van der Waals surface area contributed by atoms with E-state index < -0.39 is 0 Å².